The van der Waals surface area contributed by atoms with E-state index in [0.29, 0.717) is 12.8 Å². The van der Waals surface area contributed by atoms with Gasteiger partial charge >= 0.3 is 11.9 Å². The second-order valence-corrected chi connectivity index (χ2v) is 2.22. The number of hydrogen-bond donors (Lipinski definition) is 1. The van der Waals surface area contributed by atoms with Crippen LogP contribution < -0.4 is 0 Å². The van der Waals surface area contributed by atoms with Crippen LogP contribution >= 0.6 is 0 Å². The van der Waals surface area contributed by atoms with E-state index < -0.39 is 18.0 Å². The second kappa shape index (κ2) is 4.71. The average Bonchev–Trinajstić information content (AvgIpc) is 1.86. The first-order valence-electron chi connectivity index (χ1n) is 3.48. The topological polar surface area (TPSA) is 63.6 Å². The summed E-state index contributed by atoms with van der Waals surface area (Å²) in [4.78, 5) is 20.7. The first kappa shape index (κ1) is 9.94. The van der Waals surface area contributed by atoms with E-state index in [4.69, 9.17) is 5.11 Å². The molecule has 0 rings (SSSR count). The van der Waals surface area contributed by atoms with Crippen LogP contribution in [0.5, 0.6) is 0 Å². The van der Waals surface area contributed by atoms with Gasteiger partial charge in [-0.05, 0) is 6.42 Å². The van der Waals surface area contributed by atoms with Gasteiger partial charge < -0.3 is 9.84 Å². The van der Waals surface area contributed by atoms with E-state index in [-0.39, 0.29) is 0 Å². The fourth-order valence-corrected chi connectivity index (χ4v) is 0.695. The van der Waals surface area contributed by atoms with Gasteiger partial charge in [-0.15, -0.1) is 0 Å². The van der Waals surface area contributed by atoms with E-state index in [9.17, 15) is 9.59 Å². The summed E-state index contributed by atoms with van der Waals surface area (Å²) in [7, 11) is 0. The Hall–Kier alpha value is -1.06. The maximum atomic E-state index is 10.3. The van der Waals surface area contributed by atoms with Crippen molar-refractivity contribution >= 4 is 11.9 Å². The maximum absolute atomic E-state index is 10.3. The minimum atomic E-state index is -1.08. The Morgan fingerprint density at radius 3 is 2.36 bits per heavy atom. The van der Waals surface area contributed by atoms with E-state index in [1.165, 1.54) is 6.92 Å². The number of esters is 1. The molecule has 0 aliphatic rings. The molecule has 1 atom stereocenters. The summed E-state index contributed by atoms with van der Waals surface area (Å²) in [6.45, 7) is 3.03. The fourth-order valence-electron chi connectivity index (χ4n) is 0.695. The quantitative estimate of drug-likeness (QED) is 0.618. The van der Waals surface area contributed by atoms with E-state index in [1.807, 2.05) is 6.92 Å². The molecule has 0 heterocycles. The van der Waals surface area contributed by atoms with Crippen molar-refractivity contribution in [2.75, 3.05) is 0 Å². The zero-order valence-corrected chi connectivity index (χ0v) is 6.66. The van der Waals surface area contributed by atoms with Gasteiger partial charge in [0.05, 0.1) is 0 Å². The molecule has 11 heavy (non-hydrogen) atoms. The van der Waals surface area contributed by atoms with Crippen LogP contribution in [0.3, 0.4) is 0 Å². The smallest absolute Gasteiger partial charge is 0.345 e. The molecule has 1 N–H and O–H groups in total. The van der Waals surface area contributed by atoms with Crippen LogP contribution in [0.1, 0.15) is 26.7 Å². The zero-order chi connectivity index (χ0) is 8.85. The van der Waals surface area contributed by atoms with Gasteiger partial charge in [0, 0.05) is 6.92 Å². The molecule has 0 aliphatic heterocycles. The molecule has 1 unspecified atom stereocenters. The monoisotopic (exact) mass is 160 g/mol. The molecule has 0 saturated carbocycles. The first-order chi connectivity index (χ1) is 5.07. The number of ether oxygens (including phenoxy) is 1. The van der Waals surface area contributed by atoms with E-state index in [0.717, 1.165) is 0 Å². The van der Waals surface area contributed by atoms with Crippen LogP contribution in [0.2, 0.25) is 0 Å². The van der Waals surface area contributed by atoms with Gasteiger partial charge in [0.25, 0.3) is 0 Å². The minimum Gasteiger partial charge on any atom is -0.479 e. The van der Waals surface area contributed by atoms with Crippen LogP contribution in [0, 0.1) is 0 Å². The van der Waals surface area contributed by atoms with Crippen molar-refractivity contribution in [1.82, 2.24) is 0 Å². The molecule has 0 aromatic carbocycles. The van der Waals surface area contributed by atoms with Gasteiger partial charge in [0.15, 0.2) is 6.10 Å². The minimum absolute atomic E-state index is 0.370. The van der Waals surface area contributed by atoms with Crippen molar-refractivity contribution in [3.05, 3.63) is 0 Å². The van der Waals surface area contributed by atoms with E-state index >= 15 is 0 Å². The number of carboxylic acid groups (broad SMARTS) is 1. The summed E-state index contributed by atoms with van der Waals surface area (Å²) in [5.74, 6) is -1.63. The third-order valence-electron chi connectivity index (χ3n) is 1.13. The third kappa shape index (κ3) is 4.36. The van der Waals surface area contributed by atoms with Gasteiger partial charge in [0.2, 0.25) is 0 Å². The molecule has 0 fully saturated rings. The van der Waals surface area contributed by atoms with Gasteiger partial charge in [-0.25, -0.2) is 4.79 Å². The van der Waals surface area contributed by atoms with Crippen molar-refractivity contribution in [3.8, 4) is 0 Å². The first-order valence-corrected chi connectivity index (χ1v) is 3.48. The standard InChI is InChI=1S/C7H12O4/c1-3-4-6(7(9)10)11-5(2)8/h6H,3-4H2,1-2H3,(H,9,10). The van der Waals surface area contributed by atoms with Gasteiger partial charge in [-0.3, -0.25) is 4.79 Å². The van der Waals surface area contributed by atoms with Gasteiger partial charge in [-0.2, -0.15) is 0 Å². The molecule has 4 heteroatoms. The largest absolute Gasteiger partial charge is 0.479 e. The number of carbonyl (C=O) groups is 2. The summed E-state index contributed by atoms with van der Waals surface area (Å²) in [5.41, 5.74) is 0. The van der Waals surface area contributed by atoms with Crippen molar-refractivity contribution in [2.24, 2.45) is 0 Å². The number of carboxylic acids is 1. The Kier molecular flexibility index (Phi) is 4.26. The molecule has 0 aromatic heterocycles. The third-order valence-corrected chi connectivity index (χ3v) is 1.13. The summed E-state index contributed by atoms with van der Waals surface area (Å²) in [6, 6.07) is 0. The predicted octanol–water partition coefficient (Wildman–Crippen LogP) is 0.803. The highest BCUT2D eigenvalue weighted by Gasteiger charge is 2.18. The van der Waals surface area contributed by atoms with E-state index in [1.54, 1.807) is 0 Å². The lowest BCUT2D eigenvalue weighted by Gasteiger charge is -2.10. The molecular weight excluding hydrogens is 148 g/mol. The summed E-state index contributed by atoms with van der Waals surface area (Å²) in [6.07, 6.45) is 0.0802. The molecule has 64 valence electrons. The van der Waals surface area contributed by atoms with Crippen molar-refractivity contribution in [3.63, 3.8) is 0 Å². The van der Waals surface area contributed by atoms with E-state index in [2.05, 4.69) is 4.74 Å². The highest BCUT2D eigenvalue weighted by atomic mass is 16.6. The lowest BCUT2D eigenvalue weighted by molar-refractivity contribution is -0.162. The highest BCUT2D eigenvalue weighted by Crippen LogP contribution is 2.02. The lowest BCUT2D eigenvalue weighted by atomic mass is 10.2. The molecule has 0 amide bonds. The van der Waals surface area contributed by atoms with Crippen molar-refractivity contribution in [1.29, 1.82) is 0 Å². The number of carbonyl (C=O) groups excluding carboxylic acids is 1. The van der Waals surface area contributed by atoms with Gasteiger partial charge in [0.1, 0.15) is 0 Å². The molecule has 0 aliphatic carbocycles. The van der Waals surface area contributed by atoms with Crippen LogP contribution in [0.25, 0.3) is 0 Å². The Morgan fingerprint density at radius 2 is 2.09 bits per heavy atom. The molecule has 0 radical (unpaired) electrons. The molecule has 0 aromatic rings. The number of rotatable bonds is 4. The maximum Gasteiger partial charge on any atom is 0.345 e. The average molecular weight is 160 g/mol. The zero-order valence-electron chi connectivity index (χ0n) is 6.66. The molecule has 0 spiro atoms. The SMILES string of the molecule is CCCC(OC(C)=O)C(=O)O. The summed E-state index contributed by atoms with van der Waals surface area (Å²) >= 11 is 0. The fraction of sp³-hybridized carbons (Fsp3) is 0.714. The van der Waals surface area contributed by atoms with Crippen LogP contribution in [0.15, 0.2) is 0 Å². The van der Waals surface area contributed by atoms with Crippen LogP contribution in [0.4, 0.5) is 0 Å². The summed E-state index contributed by atoms with van der Waals surface area (Å²) < 4.78 is 4.51. The molecular formula is C7H12O4. The number of hydrogen-bond acceptors (Lipinski definition) is 3. The molecule has 4 nitrogen and oxygen atoms in total. The lowest BCUT2D eigenvalue weighted by Crippen LogP contribution is -2.25. The number of aliphatic carboxylic acids is 1. The van der Waals surface area contributed by atoms with Crippen molar-refractivity contribution < 1.29 is 19.4 Å². The summed E-state index contributed by atoms with van der Waals surface area (Å²) in [5, 5.41) is 8.48. The molecule has 0 bridgehead atoms. The molecule has 0 saturated heterocycles. The van der Waals surface area contributed by atoms with Crippen LogP contribution in [-0.2, 0) is 14.3 Å². The van der Waals surface area contributed by atoms with Gasteiger partial charge in [-0.1, -0.05) is 13.3 Å². The Labute approximate surface area is 65.2 Å². The second-order valence-electron chi connectivity index (χ2n) is 2.22. The predicted molar refractivity (Wildman–Crippen MR) is 38.1 cm³/mol. The Bertz CT molecular complexity index is 153. The Balaban J connectivity index is 3.89. The van der Waals surface area contributed by atoms with Crippen LogP contribution in [-0.4, -0.2) is 23.1 Å². The van der Waals surface area contributed by atoms with Crippen molar-refractivity contribution in [2.45, 2.75) is 32.8 Å². The normalized spacial score (nSPS) is 12.2. The Morgan fingerprint density at radius 1 is 1.55 bits per heavy atom. The highest BCUT2D eigenvalue weighted by molar-refractivity contribution is 5.76.